The molecular weight excluding hydrogens is 276 g/mol. The summed E-state index contributed by atoms with van der Waals surface area (Å²) in [7, 11) is 7.87. The van der Waals surface area contributed by atoms with E-state index in [2.05, 4.69) is 24.3 Å². The smallest absolute Gasteiger partial charge is 0.0565 e. The second kappa shape index (κ2) is 8.03. The van der Waals surface area contributed by atoms with Crippen LogP contribution in [0.5, 0.6) is 0 Å². The van der Waals surface area contributed by atoms with Gasteiger partial charge in [0.05, 0.1) is 13.2 Å². The van der Waals surface area contributed by atoms with Crippen LogP contribution < -0.4 is 0 Å². The number of fused-ring (bicyclic) bond motifs is 2. The highest BCUT2D eigenvalue weighted by Gasteiger charge is 2.16. The summed E-state index contributed by atoms with van der Waals surface area (Å²) in [6.07, 6.45) is 10.3. The van der Waals surface area contributed by atoms with Gasteiger partial charge in [0.1, 0.15) is 0 Å². The summed E-state index contributed by atoms with van der Waals surface area (Å²) in [4.78, 5) is 0. The van der Waals surface area contributed by atoms with Crippen molar-refractivity contribution in [2.75, 3.05) is 24.7 Å². The zero-order valence-corrected chi connectivity index (χ0v) is 12.3. The molecule has 0 unspecified atom stereocenters. The minimum Gasteiger partial charge on any atom is -0.380 e. The Hall–Kier alpha value is 0.840. The molecule has 0 N–H and O–H groups in total. The van der Waals surface area contributed by atoms with Crippen molar-refractivity contribution in [2.24, 2.45) is 0 Å². The fraction of sp³-hybridized carbons (Fsp3) is 0.636. The fourth-order valence-electron chi connectivity index (χ4n) is 1.46. The first kappa shape index (κ1) is 13.3. The highest BCUT2D eigenvalue weighted by atomic mass is 33.1. The fourth-order valence-corrected chi connectivity index (χ4v) is 6.27. The minimum atomic E-state index is 0.650. The van der Waals surface area contributed by atoms with Gasteiger partial charge in [-0.15, -0.1) is 0 Å². The molecule has 0 aromatic carbocycles. The van der Waals surface area contributed by atoms with E-state index in [0.717, 1.165) is 24.7 Å². The van der Waals surface area contributed by atoms with Crippen LogP contribution in [0.25, 0.3) is 0 Å². The van der Waals surface area contributed by atoms with Crippen molar-refractivity contribution in [2.45, 2.75) is 16.9 Å². The standard InChI is InChI=1S/C11H16OS4/c1-2-4-11-9-10(3-1)15-13-7-5-12-6-8-14-16-11/h1-4,10-11H,5-9H2/t10-,11+. The maximum Gasteiger partial charge on any atom is 0.0565 e. The molecule has 90 valence electrons. The van der Waals surface area contributed by atoms with Crippen LogP contribution >= 0.6 is 43.2 Å². The average molecular weight is 293 g/mol. The number of ether oxygens (including phenoxy) is 1. The molecule has 5 heteroatoms. The molecule has 1 saturated heterocycles. The van der Waals surface area contributed by atoms with Crippen molar-refractivity contribution in [1.82, 2.24) is 0 Å². The molecule has 16 heavy (non-hydrogen) atoms. The Balaban J connectivity index is 1.88. The lowest BCUT2D eigenvalue weighted by Crippen LogP contribution is -2.08. The van der Waals surface area contributed by atoms with Crippen LogP contribution in [0.15, 0.2) is 24.3 Å². The van der Waals surface area contributed by atoms with E-state index in [9.17, 15) is 0 Å². The molecule has 1 aliphatic heterocycles. The zero-order chi connectivity index (χ0) is 11.1. The van der Waals surface area contributed by atoms with Gasteiger partial charge in [0.25, 0.3) is 0 Å². The first-order valence-electron chi connectivity index (χ1n) is 5.44. The van der Waals surface area contributed by atoms with Gasteiger partial charge in [-0.2, -0.15) is 0 Å². The molecule has 0 saturated carbocycles. The molecule has 0 aromatic heterocycles. The number of hydrogen-bond acceptors (Lipinski definition) is 5. The number of rotatable bonds is 0. The van der Waals surface area contributed by atoms with Crippen molar-refractivity contribution in [3.05, 3.63) is 24.3 Å². The van der Waals surface area contributed by atoms with Crippen LogP contribution in [0.2, 0.25) is 0 Å². The van der Waals surface area contributed by atoms with Gasteiger partial charge >= 0.3 is 0 Å². The topological polar surface area (TPSA) is 9.23 Å². The third kappa shape index (κ3) is 5.00. The molecule has 0 spiro atoms. The summed E-state index contributed by atoms with van der Waals surface area (Å²) in [6, 6.07) is 0. The van der Waals surface area contributed by atoms with Gasteiger partial charge in [-0.1, -0.05) is 67.5 Å². The van der Waals surface area contributed by atoms with Gasteiger partial charge in [-0.25, -0.2) is 0 Å². The van der Waals surface area contributed by atoms with Crippen LogP contribution in [-0.4, -0.2) is 35.2 Å². The largest absolute Gasteiger partial charge is 0.380 e. The molecule has 2 bridgehead atoms. The molecule has 0 radical (unpaired) electrons. The second-order valence-electron chi connectivity index (χ2n) is 3.53. The molecular formula is C11H16OS4. The van der Waals surface area contributed by atoms with E-state index in [0.29, 0.717) is 10.5 Å². The average Bonchev–Trinajstić information content (AvgIpc) is 2.50. The Kier molecular flexibility index (Phi) is 6.66. The Labute approximate surface area is 113 Å². The molecule has 2 aliphatic rings. The van der Waals surface area contributed by atoms with Crippen molar-refractivity contribution in [3.63, 3.8) is 0 Å². The number of allylic oxidation sites excluding steroid dienone is 2. The van der Waals surface area contributed by atoms with Crippen LogP contribution in [0.4, 0.5) is 0 Å². The van der Waals surface area contributed by atoms with E-state index in [1.165, 1.54) is 6.42 Å². The third-order valence-electron chi connectivity index (χ3n) is 2.23. The van der Waals surface area contributed by atoms with Crippen molar-refractivity contribution < 1.29 is 4.74 Å². The van der Waals surface area contributed by atoms with Gasteiger partial charge in [0.15, 0.2) is 0 Å². The molecule has 1 nitrogen and oxygen atoms in total. The quantitative estimate of drug-likeness (QED) is 0.621. The second-order valence-corrected chi connectivity index (χ2v) is 8.98. The Morgan fingerprint density at radius 3 is 2.00 bits per heavy atom. The Bertz CT molecular complexity index is 230. The van der Waals surface area contributed by atoms with E-state index in [4.69, 9.17) is 4.74 Å². The predicted octanol–water partition coefficient (Wildman–Crippen LogP) is 4.03. The van der Waals surface area contributed by atoms with Crippen LogP contribution in [-0.2, 0) is 4.74 Å². The van der Waals surface area contributed by atoms with E-state index in [1.807, 2.05) is 43.2 Å². The van der Waals surface area contributed by atoms with E-state index in [1.54, 1.807) is 0 Å². The van der Waals surface area contributed by atoms with E-state index >= 15 is 0 Å². The summed E-state index contributed by atoms with van der Waals surface area (Å²) in [5, 5.41) is 1.30. The molecule has 2 atom stereocenters. The summed E-state index contributed by atoms with van der Waals surface area (Å²) < 4.78 is 5.56. The normalized spacial score (nSPS) is 32.5. The number of hydrogen-bond donors (Lipinski definition) is 0. The predicted molar refractivity (Wildman–Crippen MR) is 81.4 cm³/mol. The van der Waals surface area contributed by atoms with Gasteiger partial charge in [0.2, 0.25) is 0 Å². The van der Waals surface area contributed by atoms with Gasteiger partial charge in [0, 0.05) is 22.0 Å². The maximum atomic E-state index is 5.56. The van der Waals surface area contributed by atoms with Crippen molar-refractivity contribution in [3.8, 4) is 0 Å². The molecule has 0 amide bonds. The highest BCUT2D eigenvalue weighted by Crippen LogP contribution is 2.38. The van der Waals surface area contributed by atoms with Crippen LogP contribution in [0, 0.1) is 0 Å². The minimum absolute atomic E-state index is 0.650. The molecule has 1 fully saturated rings. The molecule has 1 aliphatic carbocycles. The Morgan fingerprint density at radius 1 is 0.875 bits per heavy atom. The SMILES string of the molecule is C1=C[C@@H]2C[C@H](C=C1)SSCCOCCSS2. The highest BCUT2D eigenvalue weighted by molar-refractivity contribution is 8.77. The third-order valence-corrected chi connectivity index (χ3v) is 7.66. The summed E-state index contributed by atoms with van der Waals surface area (Å²) >= 11 is 0. The Morgan fingerprint density at radius 2 is 1.44 bits per heavy atom. The monoisotopic (exact) mass is 292 g/mol. The lowest BCUT2D eigenvalue weighted by Gasteiger charge is -2.17. The first-order valence-corrected chi connectivity index (χ1v) is 10.2. The van der Waals surface area contributed by atoms with E-state index in [-0.39, 0.29) is 0 Å². The van der Waals surface area contributed by atoms with Crippen LogP contribution in [0.3, 0.4) is 0 Å². The van der Waals surface area contributed by atoms with Crippen molar-refractivity contribution in [1.29, 1.82) is 0 Å². The summed E-state index contributed by atoms with van der Waals surface area (Å²) in [5.74, 6) is 2.20. The van der Waals surface area contributed by atoms with E-state index < -0.39 is 0 Å². The van der Waals surface area contributed by atoms with Crippen molar-refractivity contribution >= 4 is 43.2 Å². The zero-order valence-electron chi connectivity index (χ0n) is 9.04. The van der Waals surface area contributed by atoms with Crippen LogP contribution in [0.1, 0.15) is 6.42 Å². The van der Waals surface area contributed by atoms with Gasteiger partial charge < -0.3 is 4.74 Å². The van der Waals surface area contributed by atoms with Gasteiger partial charge in [-0.3, -0.25) is 0 Å². The maximum absolute atomic E-state index is 5.56. The molecule has 0 aromatic rings. The lowest BCUT2D eigenvalue weighted by atomic mass is 10.2. The summed E-state index contributed by atoms with van der Waals surface area (Å²) in [6.45, 7) is 1.78. The summed E-state index contributed by atoms with van der Waals surface area (Å²) in [5.41, 5.74) is 0. The lowest BCUT2D eigenvalue weighted by molar-refractivity contribution is 0.167. The molecule has 2 rings (SSSR count). The molecule has 1 heterocycles. The van der Waals surface area contributed by atoms with Gasteiger partial charge in [-0.05, 0) is 6.42 Å². The first-order chi connectivity index (χ1) is 7.95.